The molecule has 0 aliphatic carbocycles. The maximum Gasteiger partial charge on any atom is 0.339 e. The van der Waals surface area contributed by atoms with Crippen molar-refractivity contribution < 1.29 is 24.1 Å². The first-order valence-corrected chi connectivity index (χ1v) is 15.0. The number of halogens is 6. The van der Waals surface area contributed by atoms with Crippen LogP contribution in [0.1, 0.15) is 20.7 Å². The second-order valence-electron chi connectivity index (χ2n) is 5.96. The van der Waals surface area contributed by atoms with E-state index in [-0.39, 0.29) is 26.3 Å². The van der Waals surface area contributed by atoms with Gasteiger partial charge < -0.3 is 9.47 Å². The number of hydrogen-bond donors (Lipinski definition) is 0. The van der Waals surface area contributed by atoms with E-state index in [2.05, 4.69) is 136 Å². The number of ether oxygens (including phenoxy) is 2. The molecule has 2 aromatic carbocycles. The molecule has 0 bridgehead atoms. The first kappa shape index (κ1) is 29.2. The van der Waals surface area contributed by atoms with Crippen molar-refractivity contribution in [3.63, 3.8) is 0 Å². The van der Waals surface area contributed by atoms with Crippen LogP contribution < -0.4 is 0 Å². The molecule has 0 fully saturated rings. The third-order valence-corrected chi connectivity index (χ3v) is 11.2. The molecule has 8 nitrogen and oxygen atoms in total. The molecule has 0 saturated carbocycles. The zero-order chi connectivity index (χ0) is 24.0. The number of carbonyl (C=O) groups is 2. The van der Waals surface area contributed by atoms with Crippen molar-refractivity contribution in [1.82, 2.24) is 5.01 Å². The SMILES string of the molecule is O=C(OCCN(CCOC(=O)c1cc(I)cc(I)c1I)[N+](=O)[O-])c1cc(I)cc(I)c1I. The van der Waals surface area contributed by atoms with Crippen molar-refractivity contribution in [3.8, 4) is 0 Å². The normalized spacial score (nSPS) is 10.6. The van der Waals surface area contributed by atoms with E-state index in [1.54, 1.807) is 12.1 Å². The van der Waals surface area contributed by atoms with Crippen LogP contribution in [0.5, 0.6) is 0 Å². The molecule has 0 unspecified atom stereocenters. The Morgan fingerprint density at radius 1 is 0.781 bits per heavy atom. The first-order chi connectivity index (χ1) is 15.0. The summed E-state index contributed by atoms with van der Waals surface area (Å²) in [5.74, 6) is -1.08. The molecule has 0 aromatic heterocycles. The fourth-order valence-electron chi connectivity index (χ4n) is 2.33. The highest BCUT2D eigenvalue weighted by Crippen LogP contribution is 2.24. The summed E-state index contributed by atoms with van der Waals surface area (Å²) in [5.41, 5.74) is 0.843. The van der Waals surface area contributed by atoms with Crippen molar-refractivity contribution in [2.75, 3.05) is 26.3 Å². The fraction of sp³-hybridized carbons (Fsp3) is 0.222. The minimum atomic E-state index is -0.599. The summed E-state index contributed by atoms with van der Waals surface area (Å²) >= 11 is 12.6. The van der Waals surface area contributed by atoms with Crippen LogP contribution in [-0.4, -0.2) is 48.3 Å². The van der Waals surface area contributed by atoms with Gasteiger partial charge >= 0.3 is 11.9 Å². The van der Waals surface area contributed by atoms with E-state index < -0.39 is 17.0 Å². The molecular formula is C18H12I6N2O6. The van der Waals surface area contributed by atoms with Crippen LogP contribution in [0.3, 0.4) is 0 Å². The van der Waals surface area contributed by atoms with Crippen molar-refractivity contribution in [3.05, 3.63) is 66.9 Å². The van der Waals surface area contributed by atoms with E-state index in [9.17, 15) is 19.7 Å². The van der Waals surface area contributed by atoms with Crippen LogP contribution in [0, 0.1) is 31.5 Å². The van der Waals surface area contributed by atoms with E-state index in [1.165, 1.54) is 0 Å². The Bertz CT molecular complexity index is 976. The topological polar surface area (TPSA) is 99.0 Å². The second-order valence-corrected chi connectivity index (χ2v) is 12.9. The summed E-state index contributed by atoms with van der Waals surface area (Å²) in [4.78, 5) is 36.1. The summed E-state index contributed by atoms with van der Waals surface area (Å²) in [7, 11) is 0. The van der Waals surface area contributed by atoms with E-state index in [0.29, 0.717) is 11.1 Å². The predicted molar refractivity (Wildman–Crippen MR) is 168 cm³/mol. The van der Waals surface area contributed by atoms with Gasteiger partial charge in [-0.05, 0) is 160 Å². The molecular weight excluding hydrogens is 1100 g/mol. The highest BCUT2D eigenvalue weighted by Gasteiger charge is 2.20. The maximum atomic E-state index is 12.4. The van der Waals surface area contributed by atoms with Crippen molar-refractivity contribution in [2.45, 2.75) is 0 Å². The summed E-state index contributed by atoms with van der Waals surface area (Å²) in [6.07, 6.45) is 0. The highest BCUT2D eigenvalue weighted by atomic mass is 127. The lowest BCUT2D eigenvalue weighted by molar-refractivity contribution is -0.656. The van der Waals surface area contributed by atoms with Crippen molar-refractivity contribution in [1.29, 1.82) is 0 Å². The van der Waals surface area contributed by atoms with Crippen LogP contribution in [0.4, 0.5) is 0 Å². The Balaban J connectivity index is 1.89. The van der Waals surface area contributed by atoms with Gasteiger partial charge in [-0.25, -0.2) is 19.7 Å². The van der Waals surface area contributed by atoms with Crippen LogP contribution in [0.2, 0.25) is 0 Å². The van der Waals surface area contributed by atoms with Gasteiger partial charge in [-0.1, -0.05) is 0 Å². The summed E-state index contributed by atoms with van der Waals surface area (Å²) in [5, 5.41) is 11.6. The van der Waals surface area contributed by atoms with Gasteiger partial charge in [-0.2, -0.15) is 0 Å². The Kier molecular flexibility index (Phi) is 12.7. The molecule has 2 rings (SSSR count). The van der Waals surface area contributed by atoms with Gasteiger partial charge in [0.05, 0.1) is 11.1 Å². The van der Waals surface area contributed by atoms with Gasteiger partial charge in [0, 0.05) is 21.4 Å². The van der Waals surface area contributed by atoms with Gasteiger partial charge in [-0.3, -0.25) is 0 Å². The number of benzene rings is 2. The number of nitro groups is 1. The molecule has 0 aliphatic heterocycles. The van der Waals surface area contributed by atoms with Gasteiger partial charge in [0.1, 0.15) is 26.3 Å². The van der Waals surface area contributed by atoms with Gasteiger partial charge in [0.2, 0.25) is 0 Å². The monoisotopic (exact) mass is 1110 g/mol. The largest absolute Gasteiger partial charge is 0.460 e. The zero-order valence-electron chi connectivity index (χ0n) is 15.7. The van der Waals surface area contributed by atoms with E-state index >= 15 is 0 Å². The molecule has 0 radical (unpaired) electrons. The molecule has 2 aromatic rings. The zero-order valence-corrected chi connectivity index (χ0v) is 28.7. The number of nitrogens with zero attached hydrogens (tertiary/aromatic N) is 2. The average molecular weight is 1110 g/mol. The summed E-state index contributed by atoms with van der Waals surface area (Å²) in [6.45, 7) is -0.600. The molecule has 0 saturated heterocycles. The van der Waals surface area contributed by atoms with Crippen molar-refractivity contribution >= 4 is 147 Å². The Morgan fingerprint density at radius 2 is 1.16 bits per heavy atom. The molecule has 0 atom stereocenters. The van der Waals surface area contributed by atoms with Gasteiger partial charge in [0.25, 0.3) is 0 Å². The van der Waals surface area contributed by atoms with Gasteiger partial charge in [0.15, 0.2) is 5.03 Å². The number of carbonyl (C=O) groups excluding carboxylic acids is 2. The molecule has 0 heterocycles. The van der Waals surface area contributed by atoms with E-state index in [0.717, 1.165) is 26.4 Å². The number of hydrazine groups is 1. The molecule has 0 spiro atoms. The van der Waals surface area contributed by atoms with E-state index in [1.807, 2.05) is 12.1 Å². The first-order valence-electron chi connectivity index (χ1n) is 8.53. The Hall–Kier alpha value is 0.960. The molecule has 0 amide bonds. The minimum absolute atomic E-state index is 0.132. The van der Waals surface area contributed by atoms with Crippen LogP contribution in [0.25, 0.3) is 0 Å². The number of esters is 2. The lowest BCUT2D eigenvalue weighted by Gasteiger charge is -2.15. The standard InChI is InChI=1S/C18H12I6N2O6/c19-9-5-11(15(23)13(21)7-9)17(27)31-3-1-25(26(29)30)2-4-32-18(28)12-6-10(20)8-14(22)16(12)24/h5-8H,1-4H2. The van der Waals surface area contributed by atoms with Gasteiger partial charge in [-0.15, -0.1) is 5.01 Å². The summed E-state index contributed by atoms with van der Waals surface area (Å²) in [6, 6.07) is 7.30. The highest BCUT2D eigenvalue weighted by molar-refractivity contribution is 14.1. The smallest absolute Gasteiger partial charge is 0.339 e. The number of rotatable bonds is 9. The average Bonchev–Trinajstić information content (AvgIpc) is 2.71. The molecule has 172 valence electrons. The van der Waals surface area contributed by atoms with E-state index in [4.69, 9.17) is 9.47 Å². The predicted octanol–water partition coefficient (Wildman–Crippen LogP) is 5.82. The maximum absolute atomic E-state index is 12.4. The molecule has 32 heavy (non-hydrogen) atoms. The Labute approximate surface area is 265 Å². The number of hydrogen-bond acceptors (Lipinski definition) is 6. The van der Waals surface area contributed by atoms with Crippen molar-refractivity contribution in [2.24, 2.45) is 0 Å². The van der Waals surface area contributed by atoms with Crippen LogP contribution in [-0.2, 0) is 9.47 Å². The van der Waals surface area contributed by atoms with Crippen LogP contribution >= 0.6 is 136 Å². The molecule has 0 N–H and O–H groups in total. The lowest BCUT2D eigenvalue weighted by atomic mass is 10.2. The lowest BCUT2D eigenvalue weighted by Crippen LogP contribution is -2.36. The second kappa shape index (κ2) is 13.9. The third kappa shape index (κ3) is 8.57. The quantitative estimate of drug-likeness (QED) is 0.103. The fourth-order valence-corrected chi connectivity index (χ4v) is 7.08. The van der Waals surface area contributed by atoms with Crippen LogP contribution in [0.15, 0.2) is 24.3 Å². The third-order valence-electron chi connectivity index (χ3n) is 3.82. The molecule has 0 aliphatic rings. The minimum Gasteiger partial charge on any atom is -0.460 e. The Morgan fingerprint density at radius 3 is 1.50 bits per heavy atom. The molecule has 14 heteroatoms. The summed E-state index contributed by atoms with van der Waals surface area (Å²) < 4.78 is 15.6.